The van der Waals surface area contributed by atoms with E-state index in [1.807, 2.05) is 46.5 Å². The Morgan fingerprint density at radius 3 is 2.68 bits per heavy atom. The number of halogens is 1. The summed E-state index contributed by atoms with van der Waals surface area (Å²) in [6.07, 6.45) is 1.71. The van der Waals surface area contributed by atoms with Crippen molar-refractivity contribution in [2.45, 2.75) is 6.54 Å². The molecule has 0 radical (unpaired) electrons. The van der Waals surface area contributed by atoms with Gasteiger partial charge in [0.1, 0.15) is 18.2 Å². The molecule has 0 saturated carbocycles. The number of carbonyl (C=O) groups is 1. The van der Waals surface area contributed by atoms with Gasteiger partial charge in [0.25, 0.3) is 0 Å². The number of nitrogens with zero attached hydrogens (tertiary/aromatic N) is 4. The highest BCUT2D eigenvalue weighted by molar-refractivity contribution is 7.09. The van der Waals surface area contributed by atoms with Gasteiger partial charge >= 0.3 is 0 Å². The number of hydrogen-bond acceptors (Lipinski definition) is 6. The van der Waals surface area contributed by atoms with E-state index in [1.165, 1.54) is 4.88 Å². The van der Waals surface area contributed by atoms with Gasteiger partial charge in [-0.25, -0.2) is 4.68 Å². The van der Waals surface area contributed by atoms with Crippen molar-refractivity contribution in [2.75, 3.05) is 51.2 Å². The third-order valence-electron chi connectivity index (χ3n) is 5.20. The second-order valence-corrected chi connectivity index (χ2v) is 8.84. The topological polar surface area (TPSA) is 62.6 Å². The van der Waals surface area contributed by atoms with Crippen molar-refractivity contribution in [3.05, 3.63) is 63.9 Å². The highest BCUT2D eigenvalue weighted by atomic mass is 35.5. The number of benzene rings is 1. The predicted octanol–water partition coefficient (Wildman–Crippen LogP) is 3.28. The summed E-state index contributed by atoms with van der Waals surface area (Å²) in [5, 5.41) is 10.00. The van der Waals surface area contributed by atoms with E-state index in [4.69, 9.17) is 16.3 Å². The normalized spacial score (nSPS) is 15.1. The van der Waals surface area contributed by atoms with Crippen LogP contribution in [0.25, 0.3) is 0 Å². The maximum absolute atomic E-state index is 12.5. The van der Waals surface area contributed by atoms with Gasteiger partial charge in [-0.1, -0.05) is 29.8 Å². The van der Waals surface area contributed by atoms with Crippen molar-refractivity contribution >= 4 is 34.7 Å². The number of anilines is 1. The largest absolute Gasteiger partial charge is 0.491 e. The van der Waals surface area contributed by atoms with Crippen molar-refractivity contribution in [3.63, 3.8) is 0 Å². The molecule has 0 unspecified atom stereocenters. The molecular formula is C22H26ClN5O2S. The zero-order chi connectivity index (χ0) is 21.5. The summed E-state index contributed by atoms with van der Waals surface area (Å²) in [6, 6.07) is 13.4. The van der Waals surface area contributed by atoms with Gasteiger partial charge in [-0.15, -0.1) is 11.3 Å². The van der Waals surface area contributed by atoms with Crippen molar-refractivity contribution in [3.8, 4) is 5.75 Å². The van der Waals surface area contributed by atoms with Crippen LogP contribution >= 0.6 is 22.9 Å². The molecule has 1 aliphatic heterocycles. The van der Waals surface area contributed by atoms with E-state index < -0.39 is 0 Å². The average Bonchev–Trinajstić information content (AvgIpc) is 3.43. The molecule has 1 aromatic carbocycles. The van der Waals surface area contributed by atoms with Gasteiger partial charge in [-0.2, -0.15) is 5.10 Å². The lowest BCUT2D eigenvalue weighted by Gasteiger charge is -2.34. The van der Waals surface area contributed by atoms with Crippen LogP contribution in [0, 0.1) is 0 Å². The summed E-state index contributed by atoms with van der Waals surface area (Å²) >= 11 is 7.80. The minimum Gasteiger partial charge on any atom is -0.491 e. The Hall–Kier alpha value is -2.39. The van der Waals surface area contributed by atoms with Crippen molar-refractivity contribution < 1.29 is 9.53 Å². The van der Waals surface area contributed by atoms with Crippen LogP contribution in [-0.4, -0.2) is 71.4 Å². The number of rotatable bonds is 9. The second-order valence-electron chi connectivity index (χ2n) is 7.40. The van der Waals surface area contributed by atoms with Crippen LogP contribution in [0.1, 0.15) is 4.88 Å². The number of carbonyl (C=O) groups excluding carboxylic acids is 1. The van der Waals surface area contributed by atoms with E-state index in [-0.39, 0.29) is 5.91 Å². The molecule has 3 heterocycles. The van der Waals surface area contributed by atoms with Crippen LogP contribution in [0.4, 0.5) is 5.82 Å². The van der Waals surface area contributed by atoms with Crippen LogP contribution in [0.5, 0.6) is 5.75 Å². The maximum atomic E-state index is 12.5. The zero-order valence-corrected chi connectivity index (χ0v) is 18.8. The summed E-state index contributed by atoms with van der Waals surface area (Å²) in [5.74, 6) is 1.44. The molecule has 31 heavy (non-hydrogen) atoms. The lowest BCUT2D eigenvalue weighted by molar-refractivity contribution is -0.117. The summed E-state index contributed by atoms with van der Waals surface area (Å²) < 4.78 is 7.60. The van der Waals surface area contributed by atoms with Gasteiger partial charge < -0.3 is 10.1 Å². The van der Waals surface area contributed by atoms with Crippen LogP contribution < -0.4 is 10.1 Å². The van der Waals surface area contributed by atoms with E-state index in [0.29, 0.717) is 24.7 Å². The van der Waals surface area contributed by atoms with Gasteiger partial charge in [0.2, 0.25) is 5.91 Å². The van der Waals surface area contributed by atoms with Gasteiger partial charge in [0.05, 0.1) is 24.3 Å². The molecule has 0 bridgehead atoms. The van der Waals surface area contributed by atoms with E-state index in [9.17, 15) is 4.79 Å². The summed E-state index contributed by atoms with van der Waals surface area (Å²) in [7, 11) is 0. The van der Waals surface area contributed by atoms with Crippen molar-refractivity contribution in [1.29, 1.82) is 0 Å². The van der Waals surface area contributed by atoms with E-state index >= 15 is 0 Å². The molecule has 2 aromatic heterocycles. The summed E-state index contributed by atoms with van der Waals surface area (Å²) in [4.78, 5) is 18.3. The molecule has 1 saturated heterocycles. The van der Waals surface area contributed by atoms with Crippen molar-refractivity contribution in [2.24, 2.45) is 0 Å². The number of nitrogens with one attached hydrogen (secondary N) is 1. The van der Waals surface area contributed by atoms with Crippen molar-refractivity contribution in [1.82, 2.24) is 19.6 Å². The quantitative estimate of drug-likeness (QED) is 0.532. The molecule has 0 atom stereocenters. The Labute approximate surface area is 191 Å². The smallest absolute Gasteiger partial charge is 0.239 e. The Balaban J connectivity index is 1.17. The molecular weight excluding hydrogens is 434 g/mol. The predicted molar refractivity (Wildman–Crippen MR) is 124 cm³/mol. The molecule has 1 fully saturated rings. The Kier molecular flexibility index (Phi) is 7.58. The zero-order valence-electron chi connectivity index (χ0n) is 17.2. The fourth-order valence-electron chi connectivity index (χ4n) is 3.52. The lowest BCUT2D eigenvalue weighted by Crippen LogP contribution is -2.49. The molecule has 0 spiro atoms. The average molecular weight is 460 g/mol. The Morgan fingerprint density at radius 1 is 1.10 bits per heavy atom. The highest BCUT2D eigenvalue weighted by Gasteiger charge is 2.19. The van der Waals surface area contributed by atoms with E-state index in [0.717, 1.165) is 44.3 Å². The Bertz CT molecular complexity index is 970. The molecule has 4 rings (SSSR count). The molecule has 9 heteroatoms. The third-order valence-corrected chi connectivity index (χ3v) is 6.38. The van der Waals surface area contributed by atoms with Gasteiger partial charge in [0, 0.05) is 43.7 Å². The standard InChI is InChI=1S/C22H26ClN5O2S/c23-19-5-1-2-6-20(19)30-14-13-26-9-11-27(12-10-26)17-22(29)25-21-7-8-24-28(21)16-18-4-3-15-31-18/h1-8,15H,9-14,16-17H2,(H,25,29). The first-order valence-electron chi connectivity index (χ1n) is 10.3. The number of para-hydroxylation sites is 1. The SMILES string of the molecule is O=C(CN1CCN(CCOc2ccccc2Cl)CC1)Nc1ccnn1Cc1cccs1. The first-order chi connectivity index (χ1) is 15.2. The number of thiophene rings is 1. The fourth-order valence-corrected chi connectivity index (χ4v) is 4.39. The van der Waals surface area contributed by atoms with Gasteiger partial charge in [-0.05, 0) is 23.6 Å². The Morgan fingerprint density at radius 2 is 1.90 bits per heavy atom. The molecule has 0 aliphatic carbocycles. The molecule has 3 aromatic rings. The molecule has 1 amide bonds. The molecule has 1 aliphatic rings. The number of amides is 1. The van der Waals surface area contributed by atoms with Gasteiger partial charge in [0.15, 0.2) is 0 Å². The fraction of sp³-hybridized carbons (Fsp3) is 0.364. The first kappa shape index (κ1) is 21.8. The van der Waals surface area contributed by atoms with Crippen LogP contribution in [0.3, 0.4) is 0 Å². The number of ether oxygens (including phenoxy) is 1. The minimum absolute atomic E-state index is 0.0107. The third kappa shape index (κ3) is 6.30. The summed E-state index contributed by atoms with van der Waals surface area (Å²) in [6.45, 7) is 6.02. The van der Waals surface area contributed by atoms with E-state index in [1.54, 1.807) is 17.5 Å². The molecule has 164 valence electrons. The summed E-state index contributed by atoms with van der Waals surface area (Å²) in [5.41, 5.74) is 0. The number of hydrogen-bond donors (Lipinski definition) is 1. The van der Waals surface area contributed by atoms with E-state index in [2.05, 4.69) is 26.3 Å². The van der Waals surface area contributed by atoms with Crippen LogP contribution in [0.15, 0.2) is 54.0 Å². The van der Waals surface area contributed by atoms with Gasteiger partial charge in [-0.3, -0.25) is 14.6 Å². The number of piperazine rings is 1. The molecule has 1 N–H and O–H groups in total. The minimum atomic E-state index is -0.0107. The maximum Gasteiger partial charge on any atom is 0.239 e. The first-order valence-corrected chi connectivity index (χ1v) is 11.6. The lowest BCUT2D eigenvalue weighted by atomic mass is 10.3. The second kappa shape index (κ2) is 10.8. The number of aromatic nitrogens is 2. The van der Waals surface area contributed by atoms with Crippen LogP contribution in [-0.2, 0) is 11.3 Å². The highest BCUT2D eigenvalue weighted by Crippen LogP contribution is 2.23. The van der Waals surface area contributed by atoms with Crippen LogP contribution in [0.2, 0.25) is 5.02 Å². The molecule has 7 nitrogen and oxygen atoms in total. The monoisotopic (exact) mass is 459 g/mol.